The number of rotatable bonds is 16. The van der Waals surface area contributed by atoms with E-state index >= 15 is 0 Å². The number of nitrogens with zero attached hydrogens (tertiary/aromatic N) is 7. The van der Waals surface area contributed by atoms with Gasteiger partial charge in [-0.3, -0.25) is 14.1 Å². The van der Waals surface area contributed by atoms with Crippen LogP contribution in [0, 0.1) is 0 Å². The van der Waals surface area contributed by atoms with Gasteiger partial charge in [-0.05, 0) is 19.9 Å². The van der Waals surface area contributed by atoms with Crippen molar-refractivity contribution < 1.29 is 55.4 Å². The number of hydrogen-bond acceptors (Lipinski definition) is 13. The molecule has 2 atom stereocenters. The van der Waals surface area contributed by atoms with E-state index in [1.807, 2.05) is 23.3 Å². The van der Waals surface area contributed by atoms with Gasteiger partial charge in [0, 0.05) is 17.9 Å². The smallest absolute Gasteiger partial charge is 0.418 e. The molecule has 19 nitrogen and oxygen atoms in total. The Morgan fingerprint density at radius 2 is 2.02 bits per heavy atom. The molecule has 5 N–H and O–H groups in total. The van der Waals surface area contributed by atoms with Gasteiger partial charge < -0.3 is 30.2 Å². The predicted octanol–water partition coefficient (Wildman–Crippen LogP) is -0.612. The van der Waals surface area contributed by atoms with Crippen LogP contribution in [-0.2, 0) is 40.4 Å². The van der Waals surface area contributed by atoms with Gasteiger partial charge in [0.05, 0.1) is 46.0 Å². The summed E-state index contributed by atoms with van der Waals surface area (Å²) >= 11 is 0.958. The van der Waals surface area contributed by atoms with Crippen molar-refractivity contribution in [3.05, 3.63) is 48.1 Å². The first-order chi connectivity index (χ1) is 22.3. The highest BCUT2D eigenvalue weighted by Crippen LogP contribution is 2.33. The number of nitrogens with one attached hydrogen (secondary N) is 1. The molecule has 2 amide bonds. The SMILES string of the molecule is CC1(C)[C@H](NC(=O)/C(=N\OC(COc2ccc(-n3cc[n+](CCC[N+](C)(C)C)c3)nc2)C(=O)O)c2csc(N)n2)C(=O)N1OS(=O)(=O)O. The van der Waals surface area contributed by atoms with Crippen LogP contribution in [0.25, 0.3) is 5.82 Å². The molecular formula is C27H37N9O10S2+2. The third-order valence-electron chi connectivity index (χ3n) is 6.97. The van der Waals surface area contributed by atoms with Crippen LogP contribution in [0.15, 0.2) is 47.6 Å². The van der Waals surface area contributed by atoms with Gasteiger partial charge >= 0.3 is 16.4 Å². The number of aliphatic carboxylic acids is 1. The van der Waals surface area contributed by atoms with E-state index in [0.717, 1.165) is 35.3 Å². The minimum Gasteiger partial charge on any atom is -0.487 e. The van der Waals surface area contributed by atoms with Crippen molar-refractivity contribution in [2.75, 3.05) is 40.0 Å². The predicted molar refractivity (Wildman–Crippen MR) is 168 cm³/mol. The lowest BCUT2D eigenvalue weighted by Crippen LogP contribution is -2.76. The molecule has 0 aromatic carbocycles. The number of carboxylic acids is 1. The van der Waals surface area contributed by atoms with E-state index in [2.05, 4.69) is 50.4 Å². The van der Waals surface area contributed by atoms with Crippen LogP contribution in [0.3, 0.4) is 0 Å². The molecule has 0 aliphatic carbocycles. The first-order valence-corrected chi connectivity index (χ1v) is 16.6. The molecule has 1 saturated heterocycles. The summed E-state index contributed by atoms with van der Waals surface area (Å²) in [6.45, 7) is 4.07. The molecule has 21 heteroatoms. The van der Waals surface area contributed by atoms with Crippen molar-refractivity contribution in [2.45, 2.75) is 44.5 Å². The number of hydroxylamine groups is 2. The highest BCUT2D eigenvalue weighted by atomic mass is 32.3. The molecule has 1 aliphatic heterocycles. The molecule has 3 aromatic heterocycles. The Bertz CT molecular complexity index is 1780. The molecule has 48 heavy (non-hydrogen) atoms. The van der Waals surface area contributed by atoms with Gasteiger partial charge in [0.1, 0.15) is 36.5 Å². The number of β-lactam (4-membered cyclic amide) rings is 1. The number of imidazole rings is 1. The number of pyridine rings is 1. The first-order valence-electron chi connectivity index (χ1n) is 14.3. The lowest BCUT2D eigenvalue weighted by Gasteiger charge is -2.50. The Kier molecular flexibility index (Phi) is 10.7. The van der Waals surface area contributed by atoms with E-state index in [9.17, 15) is 27.9 Å². The molecule has 1 aliphatic rings. The number of aryl methyl sites for hydroxylation is 1. The summed E-state index contributed by atoms with van der Waals surface area (Å²) in [6, 6.07) is 1.97. The van der Waals surface area contributed by atoms with Crippen molar-refractivity contribution >= 4 is 50.4 Å². The normalized spacial score (nSPS) is 17.0. The van der Waals surface area contributed by atoms with Crippen LogP contribution < -0.4 is 20.4 Å². The summed E-state index contributed by atoms with van der Waals surface area (Å²) in [5.41, 5.74) is 3.65. The Morgan fingerprint density at radius 3 is 2.58 bits per heavy atom. The average molecular weight is 712 g/mol. The lowest BCUT2D eigenvalue weighted by molar-refractivity contribution is -0.873. The van der Waals surface area contributed by atoms with Gasteiger partial charge in [-0.1, -0.05) is 5.16 Å². The van der Waals surface area contributed by atoms with E-state index in [4.69, 9.17) is 19.9 Å². The largest absolute Gasteiger partial charge is 0.487 e. The van der Waals surface area contributed by atoms with E-state index in [0.29, 0.717) is 10.9 Å². The molecule has 0 bridgehead atoms. The standard InChI is InChI=1S/C27H35N9O10S2/c1-27(2)22(24(38)35(27)46-48(41,42)43)31-23(37)21(18-15-47-26(28)30-18)32-45-19(25(39)40)14-44-17-7-8-20(29-13-17)34-11-10-33(16-34)9-6-12-36(3,4)5/h7-8,10-11,13,15-16,19,22H,6,9,12,14H2,1-5H3,(H3-2,28,30,31,37,39,40,41,42,43)/p+2/b32-21-/t19?,22-/m1/s1. The van der Waals surface area contributed by atoms with Crippen molar-refractivity contribution in [3.8, 4) is 11.6 Å². The van der Waals surface area contributed by atoms with Gasteiger partial charge in [0.2, 0.25) is 12.1 Å². The number of hydrogen-bond donors (Lipinski definition) is 4. The van der Waals surface area contributed by atoms with Crippen LogP contribution in [0.4, 0.5) is 5.13 Å². The minimum absolute atomic E-state index is 0.0573. The molecule has 3 aromatic rings. The Hall–Kier alpha value is -4.70. The monoisotopic (exact) mass is 711 g/mol. The number of nitrogens with two attached hydrogens (primary N) is 1. The van der Waals surface area contributed by atoms with E-state index in [-0.39, 0.29) is 16.6 Å². The van der Waals surface area contributed by atoms with Gasteiger partial charge in [-0.25, -0.2) is 19.3 Å². The van der Waals surface area contributed by atoms with E-state index in [1.54, 1.807) is 12.1 Å². The van der Waals surface area contributed by atoms with Crippen molar-refractivity contribution in [1.82, 2.24) is 24.9 Å². The minimum atomic E-state index is -5.02. The van der Waals surface area contributed by atoms with E-state index < -0.39 is 58.2 Å². The highest BCUT2D eigenvalue weighted by Gasteiger charge is 2.58. The second kappa shape index (κ2) is 14.2. The summed E-state index contributed by atoms with van der Waals surface area (Å²) in [6.07, 6.45) is 6.46. The second-order valence-corrected chi connectivity index (χ2v) is 14.1. The lowest BCUT2D eigenvalue weighted by atomic mass is 9.84. The molecule has 0 spiro atoms. The molecule has 0 radical (unpaired) electrons. The van der Waals surface area contributed by atoms with E-state index in [1.165, 1.54) is 25.4 Å². The van der Waals surface area contributed by atoms with Gasteiger partial charge in [-0.2, -0.15) is 18.0 Å². The van der Waals surface area contributed by atoms with Crippen LogP contribution in [0.2, 0.25) is 0 Å². The zero-order chi connectivity index (χ0) is 35.4. The molecule has 0 saturated carbocycles. The van der Waals surface area contributed by atoms with Crippen LogP contribution in [0.1, 0.15) is 26.0 Å². The summed E-state index contributed by atoms with van der Waals surface area (Å²) < 4.78 is 45.8. The number of carboxylic acid groups (broad SMARTS) is 1. The summed E-state index contributed by atoms with van der Waals surface area (Å²) in [7, 11) is 1.41. The van der Waals surface area contributed by atoms with Gasteiger partial charge in [0.15, 0.2) is 10.8 Å². The van der Waals surface area contributed by atoms with Crippen molar-refractivity contribution in [1.29, 1.82) is 0 Å². The van der Waals surface area contributed by atoms with Crippen LogP contribution in [0.5, 0.6) is 5.75 Å². The molecule has 1 unspecified atom stereocenters. The van der Waals surface area contributed by atoms with Crippen molar-refractivity contribution in [2.24, 2.45) is 5.16 Å². The molecule has 4 heterocycles. The fourth-order valence-corrected chi connectivity index (χ4v) is 5.46. The number of oxime groups is 1. The highest BCUT2D eigenvalue weighted by molar-refractivity contribution is 7.80. The first kappa shape index (κ1) is 36.1. The number of ether oxygens (including phenoxy) is 1. The van der Waals surface area contributed by atoms with Crippen LogP contribution in [-0.4, -0.2) is 118 Å². The third-order valence-corrected chi connectivity index (χ3v) is 7.98. The fraction of sp³-hybridized carbons (Fsp3) is 0.444. The summed E-state index contributed by atoms with van der Waals surface area (Å²) in [5, 5.41) is 17.6. The number of nitrogen functional groups attached to an aromatic ring is 1. The van der Waals surface area contributed by atoms with Crippen molar-refractivity contribution in [3.63, 3.8) is 0 Å². The quantitative estimate of drug-likeness (QED) is 0.0362. The maximum atomic E-state index is 13.2. The third kappa shape index (κ3) is 9.22. The number of carbonyl (C=O) groups excluding carboxylic acids is 2. The van der Waals surface area contributed by atoms with Gasteiger partial charge in [-0.15, -0.1) is 15.6 Å². The second-order valence-electron chi connectivity index (χ2n) is 12.2. The zero-order valence-electron chi connectivity index (χ0n) is 26.7. The number of amides is 2. The Labute approximate surface area is 279 Å². The van der Waals surface area contributed by atoms with Gasteiger partial charge in [0.25, 0.3) is 17.9 Å². The number of carbonyl (C=O) groups is 3. The topological polar surface area (TPSA) is 242 Å². The number of quaternary nitrogens is 1. The molecule has 4 rings (SSSR count). The number of aromatic nitrogens is 4. The summed E-state index contributed by atoms with van der Waals surface area (Å²) in [5.74, 6) is -2.62. The number of thiazole rings is 1. The maximum Gasteiger partial charge on any atom is 0.418 e. The van der Waals surface area contributed by atoms with Crippen LogP contribution >= 0.6 is 11.3 Å². The zero-order valence-corrected chi connectivity index (χ0v) is 28.3. The summed E-state index contributed by atoms with van der Waals surface area (Å²) in [4.78, 5) is 51.2. The fourth-order valence-electron chi connectivity index (χ4n) is 4.46. The maximum absolute atomic E-state index is 13.2. The molecular weight excluding hydrogens is 674 g/mol. The molecule has 1 fully saturated rings. The number of anilines is 1. The average Bonchev–Trinajstić information content (AvgIpc) is 3.64. The molecule has 260 valence electrons. The Balaban J connectivity index is 1.40. The Morgan fingerprint density at radius 1 is 1.29 bits per heavy atom.